The van der Waals surface area contributed by atoms with Crippen LogP contribution in [-0.4, -0.2) is 0 Å². The Balaban J connectivity index is 2.12. The molecule has 2 aromatic rings. The second-order valence-corrected chi connectivity index (χ2v) is 4.41. The molecule has 1 nitrogen and oxygen atoms in total. The fourth-order valence-electron chi connectivity index (χ4n) is 1.47. The fourth-order valence-corrected chi connectivity index (χ4v) is 1.82. The Labute approximate surface area is 109 Å². The van der Waals surface area contributed by atoms with Gasteiger partial charge < -0.3 is 5.32 Å². The molecule has 2 aromatic carbocycles. The number of benzene rings is 2. The van der Waals surface area contributed by atoms with Gasteiger partial charge in [-0.1, -0.05) is 41.4 Å². The van der Waals surface area contributed by atoms with Crippen LogP contribution >= 0.6 is 23.2 Å². The van der Waals surface area contributed by atoms with Crippen molar-refractivity contribution in [3.63, 3.8) is 0 Å². The molecule has 0 aliphatic rings. The van der Waals surface area contributed by atoms with Crippen molar-refractivity contribution in [2.24, 2.45) is 0 Å². The summed E-state index contributed by atoms with van der Waals surface area (Å²) in [5, 5.41) is 4.20. The van der Waals surface area contributed by atoms with Crippen LogP contribution < -0.4 is 5.32 Å². The van der Waals surface area contributed by atoms with E-state index in [1.54, 1.807) is 36.4 Å². The van der Waals surface area contributed by atoms with E-state index in [0.717, 1.165) is 0 Å². The summed E-state index contributed by atoms with van der Waals surface area (Å²) in [5.41, 5.74) is 1.28. The van der Waals surface area contributed by atoms with E-state index < -0.39 is 0 Å². The van der Waals surface area contributed by atoms with Crippen LogP contribution in [-0.2, 0) is 6.54 Å². The largest absolute Gasteiger partial charge is 0.380 e. The first-order valence-electron chi connectivity index (χ1n) is 5.09. The zero-order valence-electron chi connectivity index (χ0n) is 8.88. The lowest BCUT2D eigenvalue weighted by Gasteiger charge is -2.09. The summed E-state index contributed by atoms with van der Waals surface area (Å²) in [6, 6.07) is 11.7. The lowest BCUT2D eigenvalue weighted by molar-refractivity contribution is 0.613. The van der Waals surface area contributed by atoms with Crippen molar-refractivity contribution in [3.05, 3.63) is 63.9 Å². The minimum absolute atomic E-state index is 0.238. The normalized spacial score (nSPS) is 10.3. The average molecular weight is 270 g/mol. The number of anilines is 1. The number of rotatable bonds is 3. The highest BCUT2D eigenvalue weighted by atomic mass is 35.5. The minimum Gasteiger partial charge on any atom is -0.380 e. The van der Waals surface area contributed by atoms with Gasteiger partial charge in [-0.05, 0) is 24.3 Å². The van der Waals surface area contributed by atoms with E-state index in [9.17, 15) is 4.39 Å². The maximum Gasteiger partial charge on any atom is 0.128 e. The summed E-state index contributed by atoms with van der Waals surface area (Å²) >= 11 is 11.8. The first-order chi connectivity index (χ1) is 8.16. The molecule has 0 bridgehead atoms. The molecule has 88 valence electrons. The van der Waals surface area contributed by atoms with Crippen LogP contribution in [0.4, 0.5) is 10.1 Å². The van der Waals surface area contributed by atoms with Crippen LogP contribution in [0, 0.1) is 5.82 Å². The highest BCUT2D eigenvalue weighted by Gasteiger charge is 2.03. The van der Waals surface area contributed by atoms with Gasteiger partial charge in [0.1, 0.15) is 5.82 Å². The van der Waals surface area contributed by atoms with Gasteiger partial charge >= 0.3 is 0 Å². The van der Waals surface area contributed by atoms with E-state index in [1.807, 2.05) is 0 Å². The predicted molar refractivity (Wildman–Crippen MR) is 70.2 cm³/mol. The second kappa shape index (κ2) is 5.39. The number of hydrogen-bond acceptors (Lipinski definition) is 1. The highest BCUT2D eigenvalue weighted by Crippen LogP contribution is 2.26. The summed E-state index contributed by atoms with van der Waals surface area (Å²) in [4.78, 5) is 0. The third kappa shape index (κ3) is 3.11. The van der Waals surface area contributed by atoms with Crippen molar-refractivity contribution in [3.8, 4) is 0 Å². The van der Waals surface area contributed by atoms with Crippen LogP contribution in [0.1, 0.15) is 5.56 Å². The third-order valence-electron chi connectivity index (χ3n) is 2.36. The van der Waals surface area contributed by atoms with Gasteiger partial charge in [0.2, 0.25) is 0 Å². The van der Waals surface area contributed by atoms with Crippen LogP contribution in [0.5, 0.6) is 0 Å². The zero-order valence-corrected chi connectivity index (χ0v) is 10.4. The van der Waals surface area contributed by atoms with Gasteiger partial charge in [0.15, 0.2) is 0 Å². The molecule has 0 fully saturated rings. The third-order valence-corrected chi connectivity index (χ3v) is 2.92. The van der Waals surface area contributed by atoms with Gasteiger partial charge in [0.05, 0.1) is 10.7 Å². The summed E-state index contributed by atoms with van der Waals surface area (Å²) in [5.74, 6) is -0.238. The van der Waals surface area contributed by atoms with E-state index in [-0.39, 0.29) is 5.82 Å². The molecule has 0 atom stereocenters. The predicted octanol–water partition coefficient (Wildman–Crippen LogP) is 4.74. The van der Waals surface area contributed by atoms with E-state index in [2.05, 4.69) is 5.32 Å². The molecular weight excluding hydrogens is 260 g/mol. The first kappa shape index (κ1) is 12.2. The van der Waals surface area contributed by atoms with E-state index in [4.69, 9.17) is 23.2 Å². The Morgan fingerprint density at radius 1 is 1.06 bits per heavy atom. The number of nitrogens with one attached hydrogen (secondary N) is 1. The highest BCUT2D eigenvalue weighted by molar-refractivity contribution is 6.35. The summed E-state index contributed by atoms with van der Waals surface area (Å²) in [6.45, 7) is 0.368. The maximum absolute atomic E-state index is 13.4. The smallest absolute Gasteiger partial charge is 0.128 e. The summed E-state index contributed by atoms with van der Waals surface area (Å²) < 4.78 is 13.4. The molecule has 0 saturated carbocycles. The van der Waals surface area contributed by atoms with Gasteiger partial charge in [-0.3, -0.25) is 0 Å². The van der Waals surface area contributed by atoms with Crippen LogP contribution in [0.3, 0.4) is 0 Å². The SMILES string of the molecule is Fc1ccccc1CNc1cc(Cl)ccc1Cl. The molecule has 1 N–H and O–H groups in total. The number of hydrogen-bond donors (Lipinski definition) is 1. The molecular formula is C13H10Cl2FN. The molecule has 0 aromatic heterocycles. The van der Waals surface area contributed by atoms with Gasteiger partial charge in [-0.15, -0.1) is 0 Å². The molecule has 0 aliphatic carbocycles. The van der Waals surface area contributed by atoms with E-state index in [0.29, 0.717) is 27.8 Å². The molecule has 17 heavy (non-hydrogen) atoms. The monoisotopic (exact) mass is 269 g/mol. The van der Waals surface area contributed by atoms with E-state index >= 15 is 0 Å². The van der Waals surface area contributed by atoms with Crippen molar-refractivity contribution < 1.29 is 4.39 Å². The molecule has 0 aliphatic heterocycles. The molecule has 0 unspecified atom stereocenters. The average Bonchev–Trinajstić information content (AvgIpc) is 2.32. The van der Waals surface area contributed by atoms with Crippen LogP contribution in [0.15, 0.2) is 42.5 Å². The molecule has 0 heterocycles. The van der Waals surface area contributed by atoms with Gasteiger partial charge in [0, 0.05) is 17.1 Å². The van der Waals surface area contributed by atoms with Crippen LogP contribution in [0.2, 0.25) is 10.0 Å². The van der Waals surface area contributed by atoms with Crippen molar-refractivity contribution in [1.29, 1.82) is 0 Å². The zero-order chi connectivity index (χ0) is 12.3. The number of halogens is 3. The lowest BCUT2D eigenvalue weighted by atomic mass is 10.2. The quantitative estimate of drug-likeness (QED) is 0.849. The van der Waals surface area contributed by atoms with Crippen molar-refractivity contribution >= 4 is 28.9 Å². The molecule has 0 radical (unpaired) electrons. The topological polar surface area (TPSA) is 12.0 Å². The Morgan fingerprint density at radius 2 is 1.82 bits per heavy atom. The Kier molecular flexibility index (Phi) is 3.87. The van der Waals surface area contributed by atoms with E-state index in [1.165, 1.54) is 6.07 Å². The van der Waals surface area contributed by atoms with Crippen molar-refractivity contribution in [2.75, 3.05) is 5.32 Å². The van der Waals surface area contributed by atoms with Crippen molar-refractivity contribution in [2.45, 2.75) is 6.54 Å². The standard InChI is InChI=1S/C13H10Cl2FN/c14-10-5-6-11(15)13(7-10)17-8-9-3-1-2-4-12(9)16/h1-7,17H,8H2. The van der Waals surface area contributed by atoms with Crippen molar-refractivity contribution in [1.82, 2.24) is 0 Å². The van der Waals surface area contributed by atoms with Crippen LogP contribution in [0.25, 0.3) is 0 Å². The van der Waals surface area contributed by atoms with Gasteiger partial charge in [0.25, 0.3) is 0 Å². The minimum atomic E-state index is -0.238. The van der Waals surface area contributed by atoms with Gasteiger partial charge in [-0.2, -0.15) is 0 Å². The second-order valence-electron chi connectivity index (χ2n) is 3.57. The molecule has 4 heteroatoms. The maximum atomic E-state index is 13.4. The Morgan fingerprint density at radius 3 is 2.59 bits per heavy atom. The molecule has 0 spiro atoms. The molecule has 0 saturated heterocycles. The lowest BCUT2D eigenvalue weighted by Crippen LogP contribution is -2.02. The Hall–Kier alpha value is -1.25. The Bertz CT molecular complexity index is 529. The summed E-state index contributed by atoms with van der Waals surface area (Å²) in [6.07, 6.45) is 0. The molecule has 2 rings (SSSR count). The van der Waals surface area contributed by atoms with Gasteiger partial charge in [-0.25, -0.2) is 4.39 Å². The fraction of sp³-hybridized carbons (Fsp3) is 0.0769. The first-order valence-corrected chi connectivity index (χ1v) is 5.85. The molecule has 0 amide bonds. The summed E-state index contributed by atoms with van der Waals surface area (Å²) in [7, 11) is 0.